The second-order valence-corrected chi connectivity index (χ2v) is 6.35. The highest BCUT2D eigenvalue weighted by molar-refractivity contribution is 8.00. The van der Waals surface area contributed by atoms with Gasteiger partial charge in [-0.05, 0) is 26.2 Å². The molecule has 1 N–H and O–H groups in total. The lowest BCUT2D eigenvalue weighted by Crippen LogP contribution is -2.52. The molecule has 2 amide bonds. The number of hydrogen-bond donors (Lipinski definition) is 1. The molecule has 5 nitrogen and oxygen atoms in total. The fraction of sp³-hybridized carbons (Fsp3) is 0.846. The molecule has 0 aromatic heterocycles. The maximum Gasteiger partial charge on any atom is 0.327 e. The van der Waals surface area contributed by atoms with E-state index in [0.29, 0.717) is 18.3 Å². The van der Waals surface area contributed by atoms with Crippen LogP contribution in [0.1, 0.15) is 39.5 Å². The first kappa shape index (κ1) is 14.5. The van der Waals surface area contributed by atoms with Crippen molar-refractivity contribution >= 4 is 23.8 Å². The van der Waals surface area contributed by atoms with E-state index in [1.54, 1.807) is 16.7 Å². The average Bonchev–Trinajstić information content (AvgIpc) is 3.10. The summed E-state index contributed by atoms with van der Waals surface area (Å²) >= 11 is 1.60. The Labute approximate surface area is 118 Å². The van der Waals surface area contributed by atoms with Crippen molar-refractivity contribution in [3.8, 4) is 0 Å². The largest absolute Gasteiger partial charge is 0.480 e. The third-order valence-electron chi connectivity index (χ3n) is 3.71. The van der Waals surface area contributed by atoms with Crippen LogP contribution in [0.15, 0.2) is 0 Å². The van der Waals surface area contributed by atoms with E-state index in [9.17, 15) is 14.7 Å². The van der Waals surface area contributed by atoms with E-state index in [4.69, 9.17) is 0 Å². The molecule has 19 heavy (non-hydrogen) atoms. The Hall–Kier alpha value is -0.910. The highest BCUT2D eigenvalue weighted by atomic mass is 32.2. The smallest absolute Gasteiger partial charge is 0.327 e. The summed E-state index contributed by atoms with van der Waals surface area (Å²) in [6, 6.07) is -0.414. The van der Waals surface area contributed by atoms with Gasteiger partial charge in [0.1, 0.15) is 6.04 Å². The summed E-state index contributed by atoms with van der Waals surface area (Å²) in [5.74, 6) is -0.375. The van der Waals surface area contributed by atoms with Gasteiger partial charge >= 0.3 is 12.0 Å². The van der Waals surface area contributed by atoms with Crippen LogP contribution in [0.5, 0.6) is 0 Å². The van der Waals surface area contributed by atoms with Crippen molar-refractivity contribution in [3.05, 3.63) is 0 Å². The van der Waals surface area contributed by atoms with Gasteiger partial charge in [-0.2, -0.15) is 0 Å². The van der Waals surface area contributed by atoms with Crippen LogP contribution >= 0.6 is 11.8 Å². The Morgan fingerprint density at radius 2 is 2.05 bits per heavy atom. The average molecular weight is 286 g/mol. The van der Waals surface area contributed by atoms with Crippen LogP contribution in [-0.4, -0.2) is 56.7 Å². The molecule has 2 atom stereocenters. The molecule has 1 heterocycles. The van der Waals surface area contributed by atoms with Crippen LogP contribution in [0, 0.1) is 0 Å². The maximum atomic E-state index is 12.6. The zero-order valence-electron chi connectivity index (χ0n) is 11.5. The molecule has 1 aliphatic carbocycles. The highest BCUT2D eigenvalue weighted by Gasteiger charge is 2.45. The molecule has 0 aromatic rings. The number of carbonyl (C=O) groups excluding carboxylic acids is 1. The molecule has 2 fully saturated rings. The summed E-state index contributed by atoms with van der Waals surface area (Å²) in [6.45, 7) is 4.69. The Balaban J connectivity index is 2.14. The van der Waals surface area contributed by atoms with Crippen molar-refractivity contribution in [2.24, 2.45) is 0 Å². The van der Waals surface area contributed by atoms with E-state index < -0.39 is 12.0 Å². The maximum absolute atomic E-state index is 12.6. The first-order valence-corrected chi connectivity index (χ1v) is 8.08. The molecule has 0 radical (unpaired) electrons. The molecule has 108 valence electrons. The van der Waals surface area contributed by atoms with Crippen LogP contribution in [-0.2, 0) is 4.79 Å². The van der Waals surface area contributed by atoms with E-state index in [2.05, 4.69) is 6.92 Å². The van der Waals surface area contributed by atoms with Crippen LogP contribution in [0.4, 0.5) is 4.79 Å². The predicted octanol–water partition coefficient (Wildman–Crippen LogP) is 2.22. The molecule has 1 saturated heterocycles. The Kier molecular flexibility index (Phi) is 4.60. The van der Waals surface area contributed by atoms with Crippen molar-refractivity contribution < 1.29 is 14.7 Å². The van der Waals surface area contributed by atoms with E-state index in [1.807, 2.05) is 11.8 Å². The zero-order chi connectivity index (χ0) is 14.0. The van der Waals surface area contributed by atoms with Gasteiger partial charge in [0, 0.05) is 18.3 Å². The molecular weight excluding hydrogens is 264 g/mol. The molecule has 0 spiro atoms. The van der Waals surface area contributed by atoms with Gasteiger partial charge in [-0.15, -0.1) is 11.8 Å². The van der Waals surface area contributed by atoms with E-state index >= 15 is 0 Å². The van der Waals surface area contributed by atoms with Gasteiger partial charge in [0.05, 0.1) is 5.37 Å². The first-order chi connectivity index (χ1) is 9.10. The van der Waals surface area contributed by atoms with Crippen LogP contribution in [0.2, 0.25) is 0 Å². The number of carboxylic acids is 1. The van der Waals surface area contributed by atoms with Gasteiger partial charge in [0.15, 0.2) is 0 Å². The Morgan fingerprint density at radius 3 is 2.53 bits per heavy atom. The molecule has 0 aromatic carbocycles. The first-order valence-electron chi connectivity index (χ1n) is 7.03. The van der Waals surface area contributed by atoms with Crippen LogP contribution in [0.25, 0.3) is 0 Å². The Bertz CT molecular complexity index is 360. The monoisotopic (exact) mass is 286 g/mol. The van der Waals surface area contributed by atoms with Crippen molar-refractivity contribution in [3.63, 3.8) is 0 Å². The SMILES string of the molecule is CCCC1SCC(C(=O)O)N1C(=O)N(CC)C1CC1. The standard InChI is InChI=1S/C13H22N2O3S/c1-3-5-11-15(10(8-19-11)12(16)17)13(18)14(4-2)9-6-7-9/h9-11H,3-8H2,1-2H3,(H,16,17). The lowest BCUT2D eigenvalue weighted by atomic mass is 10.2. The second kappa shape index (κ2) is 6.03. The van der Waals surface area contributed by atoms with E-state index in [1.165, 1.54) is 0 Å². The molecular formula is C13H22N2O3S. The summed E-state index contributed by atoms with van der Waals surface area (Å²) in [5.41, 5.74) is 0. The van der Waals surface area contributed by atoms with E-state index in [0.717, 1.165) is 25.7 Å². The second-order valence-electron chi connectivity index (χ2n) is 5.14. The highest BCUT2D eigenvalue weighted by Crippen LogP contribution is 2.35. The van der Waals surface area contributed by atoms with Crippen LogP contribution < -0.4 is 0 Å². The van der Waals surface area contributed by atoms with E-state index in [-0.39, 0.29) is 11.4 Å². The fourth-order valence-electron chi connectivity index (χ4n) is 2.56. The fourth-order valence-corrected chi connectivity index (χ4v) is 4.07. The predicted molar refractivity (Wildman–Crippen MR) is 75.2 cm³/mol. The molecule has 0 bridgehead atoms. The Morgan fingerprint density at radius 1 is 1.37 bits per heavy atom. The number of aliphatic carboxylic acids is 1. The van der Waals surface area contributed by atoms with Crippen molar-refractivity contribution in [2.75, 3.05) is 12.3 Å². The van der Waals surface area contributed by atoms with Crippen molar-refractivity contribution in [2.45, 2.75) is 57.0 Å². The van der Waals surface area contributed by atoms with Gasteiger partial charge < -0.3 is 10.0 Å². The lowest BCUT2D eigenvalue weighted by molar-refractivity contribution is -0.141. The minimum Gasteiger partial charge on any atom is -0.480 e. The number of urea groups is 1. The summed E-state index contributed by atoms with van der Waals surface area (Å²) in [6.07, 6.45) is 3.93. The summed E-state index contributed by atoms with van der Waals surface area (Å²) < 4.78 is 0. The molecule has 6 heteroatoms. The molecule has 1 saturated carbocycles. The molecule has 2 unspecified atom stereocenters. The van der Waals surface area contributed by atoms with Crippen molar-refractivity contribution in [1.29, 1.82) is 0 Å². The van der Waals surface area contributed by atoms with Gasteiger partial charge in [-0.1, -0.05) is 13.3 Å². The number of nitrogens with zero attached hydrogens (tertiary/aromatic N) is 2. The number of hydrogen-bond acceptors (Lipinski definition) is 3. The lowest BCUT2D eigenvalue weighted by Gasteiger charge is -2.33. The third kappa shape index (κ3) is 2.99. The number of amides is 2. The topological polar surface area (TPSA) is 60.9 Å². The minimum absolute atomic E-state index is 0.0198. The normalized spacial score (nSPS) is 26.5. The van der Waals surface area contributed by atoms with Gasteiger partial charge in [-0.25, -0.2) is 9.59 Å². The number of rotatable bonds is 5. The minimum atomic E-state index is -0.883. The quantitative estimate of drug-likeness (QED) is 0.842. The van der Waals surface area contributed by atoms with Gasteiger partial charge in [0.2, 0.25) is 0 Å². The number of carbonyl (C=O) groups is 2. The molecule has 2 aliphatic rings. The van der Waals surface area contributed by atoms with Crippen molar-refractivity contribution in [1.82, 2.24) is 9.80 Å². The van der Waals surface area contributed by atoms with Gasteiger partial charge in [0.25, 0.3) is 0 Å². The summed E-state index contributed by atoms with van der Waals surface area (Å²) in [5, 5.41) is 9.32. The molecule has 1 aliphatic heterocycles. The number of carboxylic acid groups (broad SMARTS) is 1. The zero-order valence-corrected chi connectivity index (χ0v) is 12.4. The number of thioether (sulfide) groups is 1. The van der Waals surface area contributed by atoms with Gasteiger partial charge in [-0.3, -0.25) is 4.90 Å². The summed E-state index contributed by atoms with van der Waals surface area (Å²) in [4.78, 5) is 27.4. The third-order valence-corrected chi connectivity index (χ3v) is 5.06. The molecule has 2 rings (SSSR count). The van der Waals surface area contributed by atoms with Crippen LogP contribution in [0.3, 0.4) is 0 Å². The summed E-state index contributed by atoms with van der Waals surface area (Å²) in [7, 11) is 0.